The normalized spacial score (nSPS) is 13.4. The number of hydrogen-bond acceptors (Lipinski definition) is 3. The summed E-state index contributed by atoms with van der Waals surface area (Å²) in [7, 11) is 0. The molecule has 0 aliphatic rings. The van der Waals surface area contributed by atoms with Crippen LogP contribution in [-0.4, -0.2) is 19.5 Å². The van der Waals surface area contributed by atoms with Gasteiger partial charge in [0.2, 0.25) is 0 Å². The molecule has 0 fully saturated rings. The summed E-state index contributed by atoms with van der Waals surface area (Å²) in [4.78, 5) is 0. The van der Waals surface area contributed by atoms with Gasteiger partial charge in [-0.2, -0.15) is 0 Å². The highest BCUT2D eigenvalue weighted by Crippen LogP contribution is 2.25. The number of ether oxygens (including phenoxy) is 1. The highest BCUT2D eigenvalue weighted by Gasteiger charge is 2.31. The number of halogens is 3. The van der Waals surface area contributed by atoms with E-state index in [2.05, 4.69) is 10.1 Å². The van der Waals surface area contributed by atoms with E-state index in [4.69, 9.17) is 5.73 Å². The van der Waals surface area contributed by atoms with Crippen LogP contribution in [0.5, 0.6) is 5.75 Å². The largest absolute Gasteiger partial charge is 0.573 e. The average Bonchev–Trinajstić information content (AvgIpc) is 2.28. The van der Waals surface area contributed by atoms with Gasteiger partial charge in [0.15, 0.2) is 0 Å². The standard InChI is InChI=1S/C12H17F3N2O/c1-2-6-17-11(8-16)9-4-3-5-10(7-9)18-12(13,14)15/h3-5,7,11,17H,2,6,8,16H2,1H3. The lowest BCUT2D eigenvalue weighted by molar-refractivity contribution is -0.274. The van der Waals surface area contributed by atoms with Gasteiger partial charge < -0.3 is 15.8 Å². The molecule has 0 saturated carbocycles. The Morgan fingerprint density at radius 3 is 2.67 bits per heavy atom. The number of hydrogen-bond donors (Lipinski definition) is 2. The van der Waals surface area contributed by atoms with Gasteiger partial charge in [-0.05, 0) is 30.7 Å². The maximum Gasteiger partial charge on any atom is 0.573 e. The molecule has 0 saturated heterocycles. The zero-order valence-electron chi connectivity index (χ0n) is 10.1. The third-order valence-corrected chi connectivity index (χ3v) is 2.37. The summed E-state index contributed by atoms with van der Waals surface area (Å²) < 4.78 is 40.2. The summed E-state index contributed by atoms with van der Waals surface area (Å²) >= 11 is 0. The summed E-state index contributed by atoms with van der Waals surface area (Å²) in [5.41, 5.74) is 6.29. The third kappa shape index (κ3) is 4.93. The zero-order chi connectivity index (χ0) is 13.6. The van der Waals surface area contributed by atoms with Gasteiger partial charge in [-0.15, -0.1) is 13.2 Å². The fourth-order valence-corrected chi connectivity index (χ4v) is 1.58. The van der Waals surface area contributed by atoms with Gasteiger partial charge in [0.05, 0.1) is 0 Å². The number of nitrogens with two attached hydrogens (primary N) is 1. The Labute approximate surface area is 104 Å². The van der Waals surface area contributed by atoms with Gasteiger partial charge in [-0.1, -0.05) is 19.1 Å². The number of alkyl halides is 3. The van der Waals surface area contributed by atoms with Crippen LogP contribution in [-0.2, 0) is 0 Å². The van der Waals surface area contributed by atoms with Crippen LogP contribution in [0.15, 0.2) is 24.3 Å². The Bertz CT molecular complexity index is 369. The van der Waals surface area contributed by atoms with Crippen molar-refractivity contribution >= 4 is 0 Å². The summed E-state index contributed by atoms with van der Waals surface area (Å²) in [5, 5.41) is 3.16. The highest BCUT2D eigenvalue weighted by atomic mass is 19.4. The van der Waals surface area contributed by atoms with Crippen molar-refractivity contribution in [2.24, 2.45) is 5.73 Å². The molecule has 0 aliphatic carbocycles. The van der Waals surface area contributed by atoms with Gasteiger partial charge in [0.1, 0.15) is 5.75 Å². The average molecular weight is 262 g/mol. The third-order valence-electron chi connectivity index (χ3n) is 2.37. The number of benzene rings is 1. The number of nitrogens with one attached hydrogen (secondary N) is 1. The summed E-state index contributed by atoms with van der Waals surface area (Å²) in [5.74, 6) is -0.225. The minimum Gasteiger partial charge on any atom is -0.406 e. The first-order valence-electron chi connectivity index (χ1n) is 5.75. The molecule has 6 heteroatoms. The zero-order valence-corrected chi connectivity index (χ0v) is 10.1. The highest BCUT2D eigenvalue weighted by molar-refractivity contribution is 5.31. The van der Waals surface area contributed by atoms with E-state index >= 15 is 0 Å². The lowest BCUT2D eigenvalue weighted by Crippen LogP contribution is -2.28. The fraction of sp³-hybridized carbons (Fsp3) is 0.500. The molecule has 3 nitrogen and oxygen atoms in total. The van der Waals surface area contributed by atoms with Gasteiger partial charge in [0, 0.05) is 12.6 Å². The van der Waals surface area contributed by atoms with E-state index in [0.717, 1.165) is 13.0 Å². The van der Waals surface area contributed by atoms with Crippen molar-refractivity contribution in [3.05, 3.63) is 29.8 Å². The van der Waals surface area contributed by atoms with E-state index in [1.54, 1.807) is 6.07 Å². The van der Waals surface area contributed by atoms with Crippen molar-refractivity contribution < 1.29 is 17.9 Å². The van der Waals surface area contributed by atoms with Crippen molar-refractivity contribution in [2.45, 2.75) is 25.7 Å². The minimum atomic E-state index is -4.67. The molecule has 0 radical (unpaired) electrons. The van der Waals surface area contributed by atoms with E-state index in [1.807, 2.05) is 6.92 Å². The minimum absolute atomic E-state index is 0.165. The second kappa shape index (κ2) is 6.61. The molecular formula is C12H17F3N2O. The van der Waals surface area contributed by atoms with Crippen LogP contribution in [0.2, 0.25) is 0 Å². The van der Waals surface area contributed by atoms with Crippen molar-refractivity contribution in [1.82, 2.24) is 5.32 Å². The Hall–Kier alpha value is -1.27. The molecule has 1 aromatic carbocycles. The van der Waals surface area contributed by atoms with E-state index in [9.17, 15) is 13.2 Å². The second-order valence-electron chi connectivity index (χ2n) is 3.86. The Morgan fingerprint density at radius 1 is 1.39 bits per heavy atom. The molecule has 0 spiro atoms. The molecule has 102 valence electrons. The van der Waals surface area contributed by atoms with Crippen LogP contribution in [0.4, 0.5) is 13.2 Å². The predicted molar refractivity (Wildman–Crippen MR) is 63.2 cm³/mol. The summed E-state index contributed by atoms with van der Waals surface area (Å²) in [6.45, 7) is 3.07. The van der Waals surface area contributed by atoms with E-state index in [-0.39, 0.29) is 11.8 Å². The van der Waals surface area contributed by atoms with Gasteiger partial charge in [-0.3, -0.25) is 0 Å². The molecule has 0 amide bonds. The molecule has 18 heavy (non-hydrogen) atoms. The molecule has 0 aliphatic heterocycles. The van der Waals surface area contributed by atoms with E-state index in [1.165, 1.54) is 18.2 Å². The lowest BCUT2D eigenvalue weighted by Gasteiger charge is -2.18. The van der Waals surface area contributed by atoms with Crippen LogP contribution in [0.1, 0.15) is 24.9 Å². The summed E-state index contributed by atoms with van der Waals surface area (Å²) in [6, 6.07) is 5.70. The van der Waals surface area contributed by atoms with Crippen molar-refractivity contribution in [3.8, 4) is 5.75 Å². The first-order valence-corrected chi connectivity index (χ1v) is 5.75. The molecular weight excluding hydrogens is 245 g/mol. The van der Waals surface area contributed by atoms with Gasteiger partial charge >= 0.3 is 6.36 Å². The fourth-order valence-electron chi connectivity index (χ4n) is 1.58. The molecule has 1 unspecified atom stereocenters. The number of rotatable bonds is 6. The van der Waals surface area contributed by atoms with Crippen LogP contribution < -0.4 is 15.8 Å². The van der Waals surface area contributed by atoms with Crippen molar-refractivity contribution in [2.75, 3.05) is 13.1 Å². The topological polar surface area (TPSA) is 47.3 Å². The Balaban J connectivity index is 2.79. The molecule has 3 N–H and O–H groups in total. The SMILES string of the molecule is CCCNC(CN)c1cccc(OC(F)(F)F)c1. The van der Waals surface area contributed by atoms with E-state index < -0.39 is 6.36 Å². The van der Waals surface area contributed by atoms with Crippen LogP contribution >= 0.6 is 0 Å². The molecule has 1 rings (SSSR count). The molecule has 0 bridgehead atoms. The van der Waals surface area contributed by atoms with Crippen molar-refractivity contribution in [3.63, 3.8) is 0 Å². The maximum atomic E-state index is 12.1. The summed E-state index contributed by atoms with van der Waals surface area (Å²) in [6.07, 6.45) is -3.75. The smallest absolute Gasteiger partial charge is 0.406 e. The quantitative estimate of drug-likeness (QED) is 0.828. The van der Waals surface area contributed by atoms with Gasteiger partial charge in [0.25, 0.3) is 0 Å². The Morgan fingerprint density at radius 2 is 2.11 bits per heavy atom. The van der Waals surface area contributed by atoms with E-state index in [0.29, 0.717) is 12.1 Å². The molecule has 1 aromatic rings. The lowest BCUT2D eigenvalue weighted by atomic mass is 10.1. The Kier molecular flexibility index (Phi) is 5.43. The van der Waals surface area contributed by atoms with Crippen LogP contribution in [0.25, 0.3) is 0 Å². The monoisotopic (exact) mass is 262 g/mol. The molecule has 0 heterocycles. The van der Waals surface area contributed by atoms with Gasteiger partial charge in [-0.25, -0.2) is 0 Å². The maximum absolute atomic E-state index is 12.1. The first kappa shape index (κ1) is 14.8. The molecule has 1 atom stereocenters. The second-order valence-corrected chi connectivity index (χ2v) is 3.86. The predicted octanol–water partition coefficient (Wildman–Crippen LogP) is 2.58. The van der Waals surface area contributed by atoms with Crippen molar-refractivity contribution in [1.29, 1.82) is 0 Å². The first-order chi connectivity index (χ1) is 8.46. The van der Waals surface area contributed by atoms with Crippen LogP contribution in [0.3, 0.4) is 0 Å². The van der Waals surface area contributed by atoms with Crippen LogP contribution in [0, 0.1) is 0 Å². The molecule has 0 aromatic heterocycles.